The van der Waals surface area contributed by atoms with Crippen LogP contribution >= 0.6 is 0 Å². The number of unbranched alkanes of at least 4 members (excludes halogenated alkanes) is 5. The van der Waals surface area contributed by atoms with Crippen molar-refractivity contribution in [3.8, 4) is 0 Å². The summed E-state index contributed by atoms with van der Waals surface area (Å²) in [4.78, 5) is 12.0. The lowest BCUT2D eigenvalue weighted by Crippen LogP contribution is -2.67. The van der Waals surface area contributed by atoms with Crippen LogP contribution in [0.3, 0.4) is 0 Å². The molecule has 2 aliphatic carbocycles. The van der Waals surface area contributed by atoms with Crippen molar-refractivity contribution in [1.82, 2.24) is 0 Å². The van der Waals surface area contributed by atoms with Crippen LogP contribution in [-0.2, 0) is 28.5 Å². The first-order chi connectivity index (χ1) is 22.5. The van der Waals surface area contributed by atoms with Gasteiger partial charge >= 0.3 is 5.97 Å². The largest absolute Gasteiger partial charge is 0.432 e. The number of hydrogen-bond donors (Lipinski definition) is 4. The average Bonchev–Trinajstić information content (AvgIpc) is 3.18. The number of rotatable bonds is 8. The zero-order chi connectivity index (χ0) is 35.1. The zero-order valence-electron chi connectivity index (χ0n) is 30.7. The van der Waals surface area contributed by atoms with E-state index in [1.54, 1.807) is 13.8 Å². The van der Waals surface area contributed by atoms with Crippen molar-refractivity contribution in [2.24, 2.45) is 47.3 Å². The second-order valence-electron chi connectivity index (χ2n) is 16.9. The molecule has 4 saturated heterocycles. The molecule has 5 unspecified atom stereocenters. The van der Waals surface area contributed by atoms with Crippen LogP contribution in [0.15, 0.2) is 0 Å². The molecule has 48 heavy (non-hydrogen) atoms. The highest BCUT2D eigenvalue weighted by atomic mass is 16.8. The molecule has 0 bridgehead atoms. The maximum absolute atomic E-state index is 12.0. The van der Waals surface area contributed by atoms with E-state index in [0.717, 1.165) is 38.5 Å². The molecule has 0 radical (unpaired) electrons. The Morgan fingerprint density at radius 2 is 1.21 bits per heavy atom. The van der Waals surface area contributed by atoms with Gasteiger partial charge in [0.1, 0.15) is 11.2 Å². The molecule has 6 rings (SSSR count). The summed E-state index contributed by atoms with van der Waals surface area (Å²) in [6.07, 6.45) is 11.3. The first-order valence-corrected chi connectivity index (χ1v) is 19.3. The monoisotopic (exact) mass is 682 g/mol. The molecule has 0 aromatic rings. The summed E-state index contributed by atoms with van der Waals surface area (Å²) in [6, 6.07) is 0. The lowest BCUT2D eigenvalue weighted by molar-refractivity contribution is -0.408. The van der Waals surface area contributed by atoms with E-state index in [1.165, 1.54) is 32.1 Å². The topological polar surface area (TPSA) is 144 Å². The van der Waals surface area contributed by atoms with Gasteiger partial charge in [-0.15, -0.1) is 0 Å². The third kappa shape index (κ3) is 7.52. The minimum atomic E-state index is -1.36. The molecule has 10 nitrogen and oxygen atoms in total. The van der Waals surface area contributed by atoms with E-state index >= 15 is 0 Å². The quantitative estimate of drug-likeness (QED) is 0.177. The smallest absolute Gasteiger partial charge is 0.311 e. The van der Waals surface area contributed by atoms with Crippen LogP contribution < -0.4 is 0 Å². The van der Waals surface area contributed by atoms with Crippen LogP contribution in [0.5, 0.6) is 0 Å². The summed E-state index contributed by atoms with van der Waals surface area (Å²) in [7, 11) is 0. The summed E-state index contributed by atoms with van der Waals surface area (Å²) >= 11 is 0. The molecule has 0 aromatic carbocycles. The predicted molar refractivity (Wildman–Crippen MR) is 179 cm³/mol. The van der Waals surface area contributed by atoms with Crippen LogP contribution in [-0.4, -0.2) is 74.6 Å². The Labute approximate surface area is 288 Å². The van der Waals surface area contributed by atoms with Gasteiger partial charge in [-0.25, -0.2) is 0 Å². The minimum Gasteiger partial charge on any atom is -0.432 e. The van der Waals surface area contributed by atoms with E-state index in [2.05, 4.69) is 27.7 Å². The minimum absolute atomic E-state index is 0.00391. The predicted octanol–water partition coefficient (Wildman–Crippen LogP) is 6.01. The molecule has 2 saturated carbocycles. The van der Waals surface area contributed by atoms with Gasteiger partial charge in [0, 0.05) is 37.2 Å². The summed E-state index contributed by atoms with van der Waals surface area (Å²) in [6.45, 7) is 14.4. The molecule has 0 aromatic heterocycles. The van der Waals surface area contributed by atoms with Gasteiger partial charge in [-0.1, -0.05) is 66.7 Å². The molecule has 6 fully saturated rings. The highest BCUT2D eigenvalue weighted by Crippen LogP contribution is 2.56. The van der Waals surface area contributed by atoms with Gasteiger partial charge in [0.05, 0.1) is 5.92 Å². The highest BCUT2D eigenvalue weighted by Gasteiger charge is 2.65. The van der Waals surface area contributed by atoms with Gasteiger partial charge < -0.3 is 44.1 Å². The maximum atomic E-state index is 12.0. The molecule has 10 heteroatoms. The van der Waals surface area contributed by atoms with Gasteiger partial charge in [-0.2, -0.15) is 0 Å². The van der Waals surface area contributed by atoms with Gasteiger partial charge in [-0.3, -0.25) is 4.79 Å². The zero-order valence-corrected chi connectivity index (χ0v) is 30.7. The molecule has 0 amide bonds. The van der Waals surface area contributed by atoms with Crippen molar-refractivity contribution in [3.05, 3.63) is 0 Å². The van der Waals surface area contributed by atoms with Crippen LogP contribution in [0.25, 0.3) is 0 Å². The van der Waals surface area contributed by atoms with Gasteiger partial charge in [0.15, 0.2) is 24.2 Å². The molecule has 4 N–H and O–H groups in total. The van der Waals surface area contributed by atoms with Gasteiger partial charge in [0.25, 0.3) is 0 Å². The molecule has 6 aliphatic rings. The number of aliphatic hydroxyl groups is 4. The van der Waals surface area contributed by atoms with Gasteiger partial charge in [0.2, 0.25) is 6.29 Å². The summed E-state index contributed by atoms with van der Waals surface area (Å²) in [5, 5.41) is 44.0. The lowest BCUT2D eigenvalue weighted by atomic mass is 9.58. The van der Waals surface area contributed by atoms with Crippen molar-refractivity contribution in [1.29, 1.82) is 0 Å². The van der Waals surface area contributed by atoms with E-state index in [-0.39, 0.29) is 47.8 Å². The fourth-order valence-corrected chi connectivity index (χ4v) is 10.2. The van der Waals surface area contributed by atoms with E-state index in [4.69, 9.17) is 23.7 Å². The van der Waals surface area contributed by atoms with Crippen molar-refractivity contribution < 1.29 is 48.9 Å². The van der Waals surface area contributed by atoms with Crippen LogP contribution in [0.2, 0.25) is 0 Å². The third-order valence-corrected chi connectivity index (χ3v) is 13.2. The van der Waals surface area contributed by atoms with Crippen LogP contribution in [0, 0.1) is 47.3 Å². The Morgan fingerprint density at radius 1 is 0.688 bits per heavy atom. The molecule has 278 valence electrons. The number of carbonyl (C=O) groups excluding carboxylic acids is 1. The Balaban J connectivity index is 0.000000198. The first-order valence-electron chi connectivity index (χ1n) is 19.3. The Bertz CT molecular complexity index is 1080. The fourth-order valence-electron chi connectivity index (χ4n) is 10.2. The number of hydrogen-bond acceptors (Lipinski definition) is 10. The van der Waals surface area contributed by atoms with E-state index in [9.17, 15) is 25.2 Å². The van der Waals surface area contributed by atoms with Crippen molar-refractivity contribution in [2.75, 3.05) is 6.61 Å². The Morgan fingerprint density at radius 3 is 1.81 bits per heavy atom. The summed E-state index contributed by atoms with van der Waals surface area (Å²) < 4.78 is 29.2. The van der Waals surface area contributed by atoms with Crippen LogP contribution in [0.4, 0.5) is 0 Å². The van der Waals surface area contributed by atoms with E-state index in [1.807, 2.05) is 6.92 Å². The van der Waals surface area contributed by atoms with E-state index < -0.39 is 35.4 Å². The third-order valence-electron chi connectivity index (χ3n) is 13.2. The Hall–Kier alpha value is -0.850. The summed E-state index contributed by atoms with van der Waals surface area (Å²) in [5.74, 6) is -2.42. The maximum Gasteiger partial charge on any atom is 0.311 e. The normalized spacial score (nSPS) is 50.1. The second-order valence-corrected chi connectivity index (χ2v) is 16.9. The van der Waals surface area contributed by atoms with E-state index in [0.29, 0.717) is 37.7 Å². The molecule has 4 aliphatic heterocycles. The first kappa shape index (κ1) is 38.4. The molecular weight excluding hydrogens is 616 g/mol. The Kier molecular flexibility index (Phi) is 12.0. The molecule has 15 atom stereocenters. The van der Waals surface area contributed by atoms with Crippen molar-refractivity contribution in [2.45, 2.75) is 180 Å². The van der Waals surface area contributed by atoms with Crippen LogP contribution in [0.1, 0.15) is 138 Å². The number of ether oxygens (including phenoxy) is 5. The molecule has 4 heterocycles. The molecular formula is C38H66O10. The SMILES string of the molecule is CCCCCCCCOC1O[C@@H]2O[C@@](C)(O)CCC3[C@H](C)CCC([C@H]1C)[C@]32O.C[C@@H]1CCC2[C@@H](C)C(=O)O[C@@H]3O[C@@](C)(O)CCC1[C@@]23O. The standard InChI is InChI=1S/C23H42O5.C15H24O5/c1-5-6-7-8-9-10-15-26-20-17(3)19-12-11-16(2)18-13-14-22(4,24)28-21(27-20)23(18,19)25;1-8-4-5-11-9(2)12(16)19-13-15(11,18)10(8)6-7-14(3,17)20-13/h16-21,24-25H,5-15H2,1-4H3;8-11,13,17-18H,4-7H2,1-3H3/t16-,17-,18?,19?,20?,21-,22-,23-;8-,9-,10?,11?,13-,14-,15-/m11/s1. The summed E-state index contributed by atoms with van der Waals surface area (Å²) in [5.41, 5.74) is -2.22. The highest BCUT2D eigenvalue weighted by molar-refractivity contribution is 5.74. The van der Waals surface area contributed by atoms with Gasteiger partial charge in [-0.05, 0) is 82.5 Å². The second kappa shape index (κ2) is 15.0. The average molecular weight is 683 g/mol. The van der Waals surface area contributed by atoms with Crippen molar-refractivity contribution >= 4 is 5.97 Å². The number of carbonyl (C=O) groups is 1. The fraction of sp³-hybridized carbons (Fsp3) is 0.974. The molecule has 0 spiro atoms. The van der Waals surface area contributed by atoms with Crippen molar-refractivity contribution in [3.63, 3.8) is 0 Å². The number of esters is 1. The lowest BCUT2D eigenvalue weighted by Gasteiger charge is -2.57.